The van der Waals surface area contributed by atoms with Gasteiger partial charge in [0.25, 0.3) is 5.91 Å². The van der Waals surface area contributed by atoms with Gasteiger partial charge in [-0.05, 0) is 12.1 Å². The van der Waals surface area contributed by atoms with Crippen molar-refractivity contribution in [3.05, 3.63) is 23.9 Å². The number of amides is 1. The molecule has 7 nitrogen and oxygen atoms in total. The highest BCUT2D eigenvalue weighted by Gasteiger charge is 2.47. The highest BCUT2D eigenvalue weighted by atomic mass is 16.6. The van der Waals surface area contributed by atoms with Crippen LogP contribution in [0.3, 0.4) is 0 Å². The molecule has 1 aromatic heterocycles. The van der Waals surface area contributed by atoms with Gasteiger partial charge in [0.15, 0.2) is 0 Å². The molecule has 1 aromatic rings. The fourth-order valence-electron chi connectivity index (χ4n) is 2.64. The normalized spacial score (nSPS) is 31.9. The van der Waals surface area contributed by atoms with E-state index in [9.17, 15) is 9.90 Å². The number of fused-ring (bicyclic) bond motifs is 1. The molecule has 0 aliphatic carbocycles. The van der Waals surface area contributed by atoms with Gasteiger partial charge in [-0.2, -0.15) is 0 Å². The predicted octanol–water partition coefficient (Wildman–Crippen LogP) is -0.620. The van der Waals surface area contributed by atoms with Crippen LogP contribution in [0.15, 0.2) is 18.3 Å². The van der Waals surface area contributed by atoms with Crippen molar-refractivity contribution < 1.29 is 19.4 Å². The van der Waals surface area contributed by atoms with Crippen LogP contribution in [0.4, 0.5) is 5.82 Å². The molecule has 3 heterocycles. The largest absolute Gasteiger partial charge is 0.388 e. The van der Waals surface area contributed by atoms with Gasteiger partial charge in [0.05, 0.1) is 24.8 Å². The highest BCUT2D eigenvalue weighted by molar-refractivity contribution is 5.98. The Morgan fingerprint density at radius 2 is 2.20 bits per heavy atom. The number of pyridine rings is 1. The zero-order valence-corrected chi connectivity index (χ0v) is 11.1. The quantitative estimate of drug-likeness (QED) is 0.683. The minimum Gasteiger partial charge on any atom is -0.388 e. The van der Waals surface area contributed by atoms with Crippen LogP contribution in [-0.2, 0) is 9.47 Å². The standard InChI is InChI=1S/C13H17N3O4/c1-14-12-7(3-2-4-15-12)13(18)16-8-5-19-11-9(17)6-20-10(8)11/h2-4,8-11,17H,5-6H2,1H3,(H,14,15)(H,16,18)/t8-,9-,10-,11-/m1/s1. The summed E-state index contributed by atoms with van der Waals surface area (Å²) in [6.07, 6.45) is 0.364. The maximum absolute atomic E-state index is 12.3. The molecular formula is C13H17N3O4. The van der Waals surface area contributed by atoms with Crippen molar-refractivity contribution in [3.8, 4) is 0 Å². The summed E-state index contributed by atoms with van der Waals surface area (Å²) in [6.45, 7) is 0.587. The third-order valence-corrected chi connectivity index (χ3v) is 3.63. The van der Waals surface area contributed by atoms with Gasteiger partial charge in [-0.3, -0.25) is 4.79 Å². The molecule has 0 aromatic carbocycles. The molecule has 0 bridgehead atoms. The summed E-state index contributed by atoms with van der Waals surface area (Å²) >= 11 is 0. The zero-order chi connectivity index (χ0) is 14.1. The molecule has 7 heteroatoms. The lowest BCUT2D eigenvalue weighted by Gasteiger charge is -2.18. The van der Waals surface area contributed by atoms with Crippen LogP contribution < -0.4 is 10.6 Å². The summed E-state index contributed by atoms with van der Waals surface area (Å²) in [5.41, 5.74) is 0.469. The van der Waals surface area contributed by atoms with Crippen molar-refractivity contribution in [2.75, 3.05) is 25.6 Å². The van der Waals surface area contributed by atoms with Gasteiger partial charge in [-0.25, -0.2) is 4.98 Å². The molecule has 2 aliphatic heterocycles. The first-order valence-electron chi connectivity index (χ1n) is 6.55. The van der Waals surface area contributed by atoms with Crippen LogP contribution in [0.25, 0.3) is 0 Å². The SMILES string of the molecule is CNc1ncccc1C(=O)N[C@@H]1CO[C@H]2[C@@H]1OC[C@H]2O. The van der Waals surface area contributed by atoms with E-state index in [-0.39, 0.29) is 30.8 Å². The monoisotopic (exact) mass is 279 g/mol. The number of nitrogens with zero attached hydrogens (tertiary/aromatic N) is 1. The number of hydrogen-bond donors (Lipinski definition) is 3. The number of nitrogens with one attached hydrogen (secondary N) is 2. The number of anilines is 1. The molecule has 2 aliphatic rings. The Morgan fingerprint density at radius 3 is 3.00 bits per heavy atom. The number of carbonyl (C=O) groups is 1. The highest BCUT2D eigenvalue weighted by Crippen LogP contribution is 2.27. The number of aromatic nitrogens is 1. The molecule has 2 fully saturated rings. The zero-order valence-electron chi connectivity index (χ0n) is 11.1. The van der Waals surface area contributed by atoms with Crippen LogP contribution in [-0.4, -0.2) is 60.6 Å². The molecule has 2 saturated heterocycles. The molecule has 108 valence electrons. The smallest absolute Gasteiger partial charge is 0.255 e. The summed E-state index contributed by atoms with van der Waals surface area (Å²) in [4.78, 5) is 16.4. The van der Waals surface area contributed by atoms with Gasteiger partial charge in [0.2, 0.25) is 0 Å². The van der Waals surface area contributed by atoms with Gasteiger partial charge in [0.1, 0.15) is 24.1 Å². The van der Waals surface area contributed by atoms with E-state index >= 15 is 0 Å². The molecule has 3 rings (SSSR count). The van der Waals surface area contributed by atoms with Crippen molar-refractivity contribution in [2.24, 2.45) is 0 Å². The number of ether oxygens (including phenoxy) is 2. The van der Waals surface area contributed by atoms with Gasteiger partial charge < -0.3 is 25.2 Å². The predicted molar refractivity (Wildman–Crippen MR) is 70.5 cm³/mol. The second-order valence-electron chi connectivity index (χ2n) is 4.89. The second-order valence-corrected chi connectivity index (χ2v) is 4.89. The molecular weight excluding hydrogens is 262 g/mol. The third kappa shape index (κ3) is 2.24. The minimum atomic E-state index is -0.617. The summed E-state index contributed by atoms with van der Waals surface area (Å²) in [5, 5.41) is 15.4. The molecule has 0 radical (unpaired) electrons. The van der Waals surface area contributed by atoms with E-state index < -0.39 is 6.10 Å². The lowest BCUT2D eigenvalue weighted by molar-refractivity contribution is 0.0178. The Kier molecular flexibility index (Phi) is 3.56. The fourth-order valence-corrected chi connectivity index (χ4v) is 2.64. The van der Waals surface area contributed by atoms with Crippen molar-refractivity contribution in [3.63, 3.8) is 0 Å². The van der Waals surface area contributed by atoms with Crippen LogP contribution in [0.5, 0.6) is 0 Å². The first kappa shape index (κ1) is 13.3. The van der Waals surface area contributed by atoms with Crippen LogP contribution in [0.1, 0.15) is 10.4 Å². The Hall–Kier alpha value is -1.70. The number of rotatable bonds is 3. The van der Waals surface area contributed by atoms with Gasteiger partial charge >= 0.3 is 0 Å². The second kappa shape index (κ2) is 5.35. The topological polar surface area (TPSA) is 92.7 Å². The van der Waals surface area contributed by atoms with E-state index in [1.807, 2.05) is 0 Å². The van der Waals surface area contributed by atoms with E-state index in [2.05, 4.69) is 15.6 Å². The summed E-state index contributed by atoms with van der Waals surface area (Å²) in [7, 11) is 1.71. The Labute approximate surface area is 116 Å². The van der Waals surface area contributed by atoms with E-state index in [1.54, 1.807) is 25.4 Å². The molecule has 0 unspecified atom stereocenters. The summed E-state index contributed by atoms with van der Waals surface area (Å²) < 4.78 is 10.9. The number of carbonyl (C=O) groups excluding carboxylic acids is 1. The van der Waals surface area contributed by atoms with E-state index in [1.165, 1.54) is 0 Å². The molecule has 1 amide bonds. The minimum absolute atomic E-state index is 0.235. The number of hydrogen-bond acceptors (Lipinski definition) is 6. The summed E-state index contributed by atoms with van der Waals surface area (Å²) in [6, 6.07) is 3.15. The van der Waals surface area contributed by atoms with E-state index in [0.717, 1.165) is 0 Å². The molecule has 4 atom stereocenters. The lowest BCUT2D eigenvalue weighted by Crippen LogP contribution is -2.44. The van der Waals surface area contributed by atoms with Crippen LogP contribution >= 0.6 is 0 Å². The first-order valence-corrected chi connectivity index (χ1v) is 6.55. The Balaban J connectivity index is 1.71. The van der Waals surface area contributed by atoms with Crippen molar-refractivity contribution in [2.45, 2.75) is 24.4 Å². The van der Waals surface area contributed by atoms with Crippen molar-refractivity contribution in [1.29, 1.82) is 0 Å². The first-order chi connectivity index (χ1) is 9.70. The van der Waals surface area contributed by atoms with Gasteiger partial charge in [-0.15, -0.1) is 0 Å². The fraction of sp³-hybridized carbons (Fsp3) is 0.538. The number of aliphatic hydroxyl groups excluding tert-OH is 1. The Bertz CT molecular complexity index is 510. The lowest BCUT2D eigenvalue weighted by atomic mass is 10.1. The maximum Gasteiger partial charge on any atom is 0.255 e. The molecule has 20 heavy (non-hydrogen) atoms. The molecule has 0 saturated carbocycles. The van der Waals surface area contributed by atoms with Gasteiger partial charge in [-0.1, -0.05) is 0 Å². The van der Waals surface area contributed by atoms with Gasteiger partial charge in [0, 0.05) is 13.2 Å². The van der Waals surface area contributed by atoms with Crippen LogP contribution in [0.2, 0.25) is 0 Å². The molecule has 0 spiro atoms. The average Bonchev–Trinajstić information content (AvgIpc) is 3.03. The molecule has 3 N–H and O–H groups in total. The third-order valence-electron chi connectivity index (χ3n) is 3.63. The number of aliphatic hydroxyl groups is 1. The summed E-state index contributed by atoms with van der Waals surface area (Å²) in [5.74, 6) is 0.287. The van der Waals surface area contributed by atoms with Crippen LogP contribution in [0, 0.1) is 0 Å². The van der Waals surface area contributed by atoms with E-state index in [0.29, 0.717) is 18.0 Å². The van der Waals surface area contributed by atoms with Crippen molar-refractivity contribution in [1.82, 2.24) is 10.3 Å². The average molecular weight is 279 g/mol. The maximum atomic E-state index is 12.3. The van der Waals surface area contributed by atoms with Crippen molar-refractivity contribution >= 4 is 11.7 Å². The van der Waals surface area contributed by atoms with E-state index in [4.69, 9.17) is 9.47 Å². The Morgan fingerprint density at radius 1 is 1.40 bits per heavy atom.